The van der Waals surface area contributed by atoms with Gasteiger partial charge in [-0.05, 0) is 35.4 Å². The summed E-state index contributed by atoms with van der Waals surface area (Å²) in [6.45, 7) is 0. The number of carbonyl (C=O) groups excluding carboxylic acids is 1. The van der Waals surface area contributed by atoms with Gasteiger partial charge >= 0.3 is 0 Å². The van der Waals surface area contributed by atoms with Crippen LogP contribution in [-0.2, 0) is 4.79 Å². The van der Waals surface area contributed by atoms with Gasteiger partial charge in [-0.3, -0.25) is 9.78 Å². The Hall–Kier alpha value is -3.74. The first-order valence-electron chi connectivity index (χ1n) is 8.05. The van der Waals surface area contributed by atoms with Crippen LogP contribution in [0.15, 0.2) is 79.9 Å². The molecule has 0 aromatic carbocycles. The summed E-state index contributed by atoms with van der Waals surface area (Å²) < 4.78 is 3.68. The number of carbonyl (C=O) groups is 1. The smallest absolute Gasteiger partial charge is 0.229 e. The maximum Gasteiger partial charge on any atom is 0.229 e. The molecule has 4 heterocycles. The predicted octanol–water partition coefficient (Wildman–Crippen LogP) is 2.07. The summed E-state index contributed by atoms with van der Waals surface area (Å²) in [5.41, 5.74) is 7.29. The van der Waals surface area contributed by atoms with Gasteiger partial charge in [-0.25, -0.2) is 9.97 Å². The van der Waals surface area contributed by atoms with Crippen molar-refractivity contribution in [2.24, 2.45) is 5.73 Å². The number of nitrogens with two attached hydrogens (primary N) is 1. The number of amides is 1. The highest BCUT2D eigenvalue weighted by atomic mass is 16.1. The molecule has 0 aliphatic carbocycles. The van der Waals surface area contributed by atoms with Gasteiger partial charge in [0.1, 0.15) is 5.82 Å². The van der Waals surface area contributed by atoms with Gasteiger partial charge in [-0.15, -0.1) is 0 Å². The number of pyridine rings is 1. The van der Waals surface area contributed by atoms with Gasteiger partial charge in [0.15, 0.2) is 5.82 Å². The molecule has 0 aliphatic rings. The number of nitrogens with zero attached hydrogens (tertiary/aromatic N) is 5. The highest BCUT2D eigenvalue weighted by Crippen LogP contribution is 2.26. The summed E-state index contributed by atoms with van der Waals surface area (Å²) >= 11 is 0. The third-order valence-corrected chi connectivity index (χ3v) is 4.11. The van der Waals surface area contributed by atoms with Crippen molar-refractivity contribution in [3.05, 3.63) is 91.0 Å². The zero-order valence-electron chi connectivity index (χ0n) is 13.8. The Morgan fingerprint density at radius 1 is 0.885 bits per heavy atom. The molecule has 128 valence electrons. The zero-order chi connectivity index (χ0) is 17.9. The highest BCUT2D eigenvalue weighted by Gasteiger charge is 2.23. The van der Waals surface area contributed by atoms with Crippen LogP contribution in [0.1, 0.15) is 17.0 Å². The number of primary amides is 1. The predicted molar refractivity (Wildman–Crippen MR) is 96.0 cm³/mol. The number of rotatable bonds is 5. The first-order chi connectivity index (χ1) is 12.7. The van der Waals surface area contributed by atoms with E-state index in [1.54, 1.807) is 24.8 Å². The molecule has 0 bridgehead atoms. The lowest BCUT2D eigenvalue weighted by Crippen LogP contribution is -2.21. The summed E-state index contributed by atoms with van der Waals surface area (Å²) in [5.74, 6) is 0.477. The zero-order valence-corrected chi connectivity index (χ0v) is 13.8. The Bertz CT molecular complexity index is 945. The number of hydrogen-bond acceptors (Lipinski definition) is 4. The molecule has 2 N–H and O–H groups in total. The Morgan fingerprint density at radius 2 is 1.58 bits per heavy atom. The van der Waals surface area contributed by atoms with Crippen LogP contribution in [0.3, 0.4) is 0 Å². The second kappa shape index (κ2) is 6.64. The fraction of sp³-hybridized carbons (Fsp3) is 0.0526. The van der Waals surface area contributed by atoms with Crippen LogP contribution in [0, 0.1) is 0 Å². The molecule has 0 saturated carbocycles. The van der Waals surface area contributed by atoms with E-state index in [9.17, 15) is 4.79 Å². The minimum atomic E-state index is -0.558. The van der Waals surface area contributed by atoms with Crippen molar-refractivity contribution in [2.75, 3.05) is 0 Å². The topological polar surface area (TPSA) is 91.6 Å². The highest BCUT2D eigenvalue weighted by molar-refractivity contribution is 5.85. The van der Waals surface area contributed by atoms with Crippen LogP contribution in [0.4, 0.5) is 0 Å². The first-order valence-corrected chi connectivity index (χ1v) is 8.05. The minimum absolute atomic E-state index is 0.416. The van der Waals surface area contributed by atoms with Crippen molar-refractivity contribution in [3.63, 3.8) is 0 Å². The second-order valence-corrected chi connectivity index (χ2v) is 5.79. The molecule has 0 saturated heterocycles. The van der Waals surface area contributed by atoms with E-state index in [-0.39, 0.29) is 0 Å². The van der Waals surface area contributed by atoms with E-state index in [0.717, 1.165) is 16.9 Å². The molecule has 26 heavy (non-hydrogen) atoms. The fourth-order valence-corrected chi connectivity index (χ4v) is 2.90. The van der Waals surface area contributed by atoms with Crippen molar-refractivity contribution in [2.45, 2.75) is 5.92 Å². The van der Waals surface area contributed by atoms with E-state index < -0.39 is 11.8 Å². The monoisotopic (exact) mass is 344 g/mol. The second-order valence-electron chi connectivity index (χ2n) is 5.79. The maximum absolute atomic E-state index is 12.2. The van der Waals surface area contributed by atoms with E-state index in [0.29, 0.717) is 5.82 Å². The lowest BCUT2D eigenvalue weighted by molar-refractivity contribution is -0.118. The molecule has 4 aromatic heterocycles. The summed E-state index contributed by atoms with van der Waals surface area (Å²) in [4.78, 5) is 24.8. The molecule has 0 radical (unpaired) electrons. The van der Waals surface area contributed by atoms with Crippen LogP contribution in [0.25, 0.3) is 11.6 Å². The molecule has 1 atom stereocenters. The molecular formula is C19H16N6O. The summed E-state index contributed by atoms with van der Waals surface area (Å²) in [5, 5.41) is 0. The van der Waals surface area contributed by atoms with Gasteiger partial charge in [0.2, 0.25) is 5.91 Å². The average molecular weight is 344 g/mol. The average Bonchev–Trinajstić information content (AvgIpc) is 3.34. The van der Waals surface area contributed by atoms with Crippen molar-refractivity contribution < 1.29 is 4.79 Å². The summed E-state index contributed by atoms with van der Waals surface area (Å²) in [6.07, 6.45) is 14.0. The Balaban J connectivity index is 1.68. The molecule has 1 unspecified atom stereocenters. The van der Waals surface area contributed by atoms with Gasteiger partial charge in [0, 0.05) is 43.4 Å². The number of hydrogen-bond donors (Lipinski definition) is 1. The van der Waals surface area contributed by atoms with Gasteiger partial charge in [0.05, 0.1) is 12.1 Å². The lowest BCUT2D eigenvalue weighted by atomic mass is 9.95. The molecule has 0 spiro atoms. The van der Waals surface area contributed by atoms with Crippen LogP contribution >= 0.6 is 0 Å². The van der Waals surface area contributed by atoms with Gasteiger partial charge in [0.25, 0.3) is 0 Å². The molecule has 4 aromatic rings. The molecule has 4 rings (SSSR count). The Kier molecular flexibility index (Phi) is 4.03. The van der Waals surface area contributed by atoms with Gasteiger partial charge in [-0.1, -0.05) is 6.07 Å². The van der Waals surface area contributed by atoms with Gasteiger partial charge in [-0.2, -0.15) is 0 Å². The normalized spacial score (nSPS) is 12.0. The first kappa shape index (κ1) is 15.8. The van der Waals surface area contributed by atoms with Crippen LogP contribution in [-0.4, -0.2) is 30.0 Å². The van der Waals surface area contributed by atoms with Gasteiger partial charge < -0.3 is 14.9 Å². The molecule has 7 nitrogen and oxygen atoms in total. The van der Waals surface area contributed by atoms with Crippen LogP contribution in [0.2, 0.25) is 0 Å². The SMILES string of the molecule is NC(=O)C(c1ccn(-c2ccccn2)c1)c1ccn(-c2cnccn2)c1. The Morgan fingerprint density at radius 3 is 2.15 bits per heavy atom. The standard InChI is InChI=1S/C19H16N6O/c20-19(26)18(14-4-9-24(12-14)16-3-1-2-6-22-16)15-5-10-25(13-15)17-11-21-7-8-23-17/h1-13,18H,(H2,20,26). The third-order valence-electron chi connectivity index (χ3n) is 4.11. The lowest BCUT2D eigenvalue weighted by Gasteiger charge is -2.10. The van der Waals surface area contributed by atoms with Crippen molar-refractivity contribution in [1.82, 2.24) is 24.1 Å². The van der Waals surface area contributed by atoms with E-state index in [1.807, 2.05) is 64.3 Å². The summed E-state index contributed by atoms with van der Waals surface area (Å²) in [6, 6.07) is 9.41. The summed E-state index contributed by atoms with van der Waals surface area (Å²) in [7, 11) is 0. The number of aromatic nitrogens is 5. The quantitative estimate of drug-likeness (QED) is 0.600. The largest absolute Gasteiger partial charge is 0.369 e. The molecular weight excluding hydrogens is 328 g/mol. The van der Waals surface area contributed by atoms with Crippen molar-refractivity contribution >= 4 is 5.91 Å². The van der Waals surface area contributed by atoms with Crippen LogP contribution in [0.5, 0.6) is 0 Å². The third kappa shape index (κ3) is 2.98. The fourth-order valence-electron chi connectivity index (χ4n) is 2.90. The molecule has 0 aliphatic heterocycles. The van der Waals surface area contributed by atoms with Crippen molar-refractivity contribution in [1.29, 1.82) is 0 Å². The Labute approximate surface area is 149 Å². The molecule has 1 amide bonds. The van der Waals surface area contributed by atoms with E-state index in [1.165, 1.54) is 0 Å². The van der Waals surface area contributed by atoms with E-state index >= 15 is 0 Å². The molecule has 0 fully saturated rings. The van der Waals surface area contributed by atoms with E-state index in [4.69, 9.17) is 5.73 Å². The van der Waals surface area contributed by atoms with E-state index in [2.05, 4.69) is 15.0 Å². The van der Waals surface area contributed by atoms with Crippen LogP contribution < -0.4 is 5.73 Å². The molecule has 7 heteroatoms. The maximum atomic E-state index is 12.2. The minimum Gasteiger partial charge on any atom is -0.369 e. The van der Waals surface area contributed by atoms with Crippen molar-refractivity contribution in [3.8, 4) is 11.6 Å².